The first kappa shape index (κ1) is 14.6. The van der Waals surface area contributed by atoms with Crippen molar-refractivity contribution in [1.82, 2.24) is 0 Å². The van der Waals surface area contributed by atoms with Gasteiger partial charge in [-0.05, 0) is 56.4 Å². The molecule has 3 nitrogen and oxygen atoms in total. The van der Waals surface area contributed by atoms with Crippen molar-refractivity contribution in [2.75, 3.05) is 11.4 Å². The van der Waals surface area contributed by atoms with Gasteiger partial charge in [0, 0.05) is 24.4 Å². The Balaban J connectivity index is 2.33. The van der Waals surface area contributed by atoms with E-state index in [1.54, 1.807) is 6.08 Å². The summed E-state index contributed by atoms with van der Waals surface area (Å²) in [5.74, 6) is -0.137. The number of hydrogen-bond acceptors (Lipinski definition) is 2. The van der Waals surface area contributed by atoms with Crippen molar-refractivity contribution >= 4 is 17.7 Å². The molecule has 2 atom stereocenters. The smallest absolute Gasteiger partial charge is 0.328 e. The van der Waals surface area contributed by atoms with Gasteiger partial charge in [0.15, 0.2) is 0 Å². The molecule has 108 valence electrons. The monoisotopic (exact) mass is 273 g/mol. The number of aliphatic carboxylic acids is 1. The summed E-state index contributed by atoms with van der Waals surface area (Å²) in [6.45, 7) is 7.62. The van der Waals surface area contributed by atoms with Gasteiger partial charge in [-0.15, -0.1) is 0 Å². The Morgan fingerprint density at radius 2 is 2.15 bits per heavy atom. The van der Waals surface area contributed by atoms with Crippen LogP contribution in [-0.2, 0) is 4.79 Å². The van der Waals surface area contributed by atoms with Crippen molar-refractivity contribution in [3.63, 3.8) is 0 Å². The molecule has 2 rings (SSSR count). The molecule has 0 spiro atoms. The fourth-order valence-corrected chi connectivity index (χ4v) is 3.00. The standard InChI is InChI=1S/C17H23NO2/c1-12-4-6-16(15(11-12)5-7-17(19)20)18-9-8-13(2)10-14(18)3/h4-7,11,13-14H,8-10H2,1-3H3,(H,19,20)/b7-5+. The quantitative estimate of drug-likeness (QED) is 0.853. The van der Waals surface area contributed by atoms with Crippen LogP contribution in [0.25, 0.3) is 6.08 Å². The normalized spacial score (nSPS) is 23.2. The van der Waals surface area contributed by atoms with Gasteiger partial charge in [-0.3, -0.25) is 0 Å². The number of aryl methyl sites for hydroxylation is 1. The molecular weight excluding hydrogens is 250 g/mol. The van der Waals surface area contributed by atoms with Crippen LogP contribution in [0.15, 0.2) is 24.3 Å². The summed E-state index contributed by atoms with van der Waals surface area (Å²) in [5.41, 5.74) is 3.29. The third kappa shape index (κ3) is 3.41. The van der Waals surface area contributed by atoms with E-state index >= 15 is 0 Å². The number of benzene rings is 1. The van der Waals surface area contributed by atoms with Gasteiger partial charge in [0.05, 0.1) is 0 Å². The van der Waals surface area contributed by atoms with Crippen molar-refractivity contribution in [2.24, 2.45) is 5.92 Å². The van der Waals surface area contributed by atoms with Gasteiger partial charge in [-0.1, -0.05) is 18.6 Å². The summed E-state index contributed by atoms with van der Waals surface area (Å²) >= 11 is 0. The van der Waals surface area contributed by atoms with E-state index in [4.69, 9.17) is 5.11 Å². The Bertz CT molecular complexity index is 522. The Labute approximate surface area is 120 Å². The van der Waals surface area contributed by atoms with E-state index < -0.39 is 5.97 Å². The predicted molar refractivity (Wildman–Crippen MR) is 83.1 cm³/mol. The summed E-state index contributed by atoms with van der Waals surface area (Å²) < 4.78 is 0. The van der Waals surface area contributed by atoms with E-state index in [0.29, 0.717) is 6.04 Å². The molecule has 0 saturated carbocycles. The zero-order valence-electron chi connectivity index (χ0n) is 12.5. The highest BCUT2D eigenvalue weighted by Gasteiger charge is 2.24. The van der Waals surface area contributed by atoms with Crippen molar-refractivity contribution in [3.05, 3.63) is 35.4 Å². The third-order valence-electron chi connectivity index (χ3n) is 4.04. The Morgan fingerprint density at radius 3 is 2.80 bits per heavy atom. The Morgan fingerprint density at radius 1 is 1.40 bits per heavy atom. The van der Waals surface area contributed by atoms with Crippen LogP contribution < -0.4 is 4.90 Å². The molecule has 1 saturated heterocycles. The first-order valence-corrected chi connectivity index (χ1v) is 7.25. The van der Waals surface area contributed by atoms with Gasteiger partial charge in [-0.25, -0.2) is 4.79 Å². The summed E-state index contributed by atoms with van der Waals surface area (Å²) in [6.07, 6.45) is 5.31. The molecule has 0 amide bonds. The Hall–Kier alpha value is -1.77. The van der Waals surface area contributed by atoms with E-state index in [1.807, 2.05) is 6.92 Å². The van der Waals surface area contributed by atoms with Crippen LogP contribution in [-0.4, -0.2) is 23.7 Å². The lowest BCUT2D eigenvalue weighted by Crippen LogP contribution is -2.40. The zero-order chi connectivity index (χ0) is 14.7. The van der Waals surface area contributed by atoms with Crippen LogP contribution in [0.3, 0.4) is 0 Å². The number of anilines is 1. The molecule has 1 heterocycles. The largest absolute Gasteiger partial charge is 0.478 e. The van der Waals surface area contributed by atoms with Crippen LogP contribution in [0.5, 0.6) is 0 Å². The van der Waals surface area contributed by atoms with Gasteiger partial charge < -0.3 is 10.0 Å². The second-order valence-electron chi connectivity index (χ2n) is 5.91. The molecule has 1 aromatic carbocycles. The molecule has 1 aliphatic heterocycles. The second kappa shape index (κ2) is 6.12. The number of piperidine rings is 1. The van der Waals surface area contributed by atoms with E-state index in [1.165, 1.54) is 18.9 Å². The van der Waals surface area contributed by atoms with Crippen LogP contribution in [0, 0.1) is 12.8 Å². The lowest BCUT2D eigenvalue weighted by atomic mass is 9.92. The van der Waals surface area contributed by atoms with Crippen LogP contribution in [0.2, 0.25) is 0 Å². The van der Waals surface area contributed by atoms with Crippen molar-refractivity contribution in [1.29, 1.82) is 0 Å². The van der Waals surface area contributed by atoms with E-state index in [-0.39, 0.29) is 0 Å². The minimum Gasteiger partial charge on any atom is -0.478 e. The first-order valence-electron chi connectivity index (χ1n) is 7.25. The van der Waals surface area contributed by atoms with E-state index in [9.17, 15) is 4.79 Å². The summed E-state index contributed by atoms with van der Waals surface area (Å²) in [7, 11) is 0. The molecule has 1 aromatic rings. The van der Waals surface area contributed by atoms with E-state index in [2.05, 4.69) is 36.9 Å². The number of carboxylic acid groups (broad SMARTS) is 1. The molecule has 0 bridgehead atoms. The molecular formula is C17H23NO2. The molecule has 3 heteroatoms. The summed E-state index contributed by atoms with van der Waals surface area (Å²) in [6, 6.07) is 6.76. The molecule has 0 aromatic heterocycles. The van der Waals surface area contributed by atoms with Gasteiger partial charge in [0.2, 0.25) is 0 Å². The third-order valence-corrected chi connectivity index (χ3v) is 4.04. The van der Waals surface area contributed by atoms with Crippen LogP contribution in [0.4, 0.5) is 5.69 Å². The van der Waals surface area contributed by atoms with Crippen molar-refractivity contribution in [2.45, 2.75) is 39.7 Å². The molecule has 20 heavy (non-hydrogen) atoms. The molecule has 1 fully saturated rings. The van der Waals surface area contributed by atoms with Gasteiger partial charge >= 0.3 is 5.97 Å². The van der Waals surface area contributed by atoms with Gasteiger partial charge in [-0.2, -0.15) is 0 Å². The maximum absolute atomic E-state index is 10.8. The maximum Gasteiger partial charge on any atom is 0.328 e. The number of hydrogen-bond donors (Lipinski definition) is 1. The summed E-state index contributed by atoms with van der Waals surface area (Å²) in [4.78, 5) is 13.2. The molecule has 2 unspecified atom stereocenters. The molecule has 0 aliphatic carbocycles. The molecule has 1 N–H and O–H groups in total. The number of carboxylic acids is 1. The van der Waals surface area contributed by atoms with Crippen molar-refractivity contribution in [3.8, 4) is 0 Å². The van der Waals surface area contributed by atoms with Gasteiger partial charge in [0.1, 0.15) is 0 Å². The number of nitrogens with zero attached hydrogens (tertiary/aromatic N) is 1. The van der Waals surface area contributed by atoms with Gasteiger partial charge in [0.25, 0.3) is 0 Å². The molecule has 1 aliphatic rings. The fraction of sp³-hybridized carbons (Fsp3) is 0.471. The SMILES string of the molecule is Cc1ccc(N2CCC(C)CC2C)c(/C=C/C(=O)O)c1. The van der Waals surface area contributed by atoms with Crippen LogP contribution >= 0.6 is 0 Å². The average Bonchev–Trinajstić information content (AvgIpc) is 2.37. The first-order chi connectivity index (χ1) is 9.47. The maximum atomic E-state index is 10.8. The van der Waals surface area contributed by atoms with Crippen LogP contribution in [0.1, 0.15) is 37.8 Å². The number of carbonyl (C=O) groups is 1. The van der Waals surface area contributed by atoms with Crippen molar-refractivity contribution < 1.29 is 9.90 Å². The Kier molecular flexibility index (Phi) is 4.48. The lowest BCUT2D eigenvalue weighted by Gasteiger charge is -2.39. The zero-order valence-corrected chi connectivity index (χ0v) is 12.5. The topological polar surface area (TPSA) is 40.5 Å². The minimum absolute atomic E-state index is 0.499. The molecule has 0 radical (unpaired) electrons. The fourth-order valence-electron chi connectivity index (χ4n) is 3.00. The predicted octanol–water partition coefficient (Wildman–Crippen LogP) is 3.72. The minimum atomic E-state index is -0.905. The average molecular weight is 273 g/mol. The summed E-state index contributed by atoms with van der Waals surface area (Å²) in [5, 5.41) is 8.83. The highest BCUT2D eigenvalue weighted by molar-refractivity contribution is 5.87. The lowest BCUT2D eigenvalue weighted by molar-refractivity contribution is -0.131. The highest BCUT2D eigenvalue weighted by atomic mass is 16.4. The number of rotatable bonds is 3. The van der Waals surface area contributed by atoms with E-state index in [0.717, 1.165) is 29.3 Å². The highest BCUT2D eigenvalue weighted by Crippen LogP contribution is 2.31. The second-order valence-corrected chi connectivity index (χ2v) is 5.91.